The molecule has 0 spiro atoms. The van der Waals surface area contributed by atoms with Gasteiger partial charge in [-0.15, -0.1) is 6.42 Å². The van der Waals surface area contributed by atoms with Crippen molar-refractivity contribution in [2.24, 2.45) is 0 Å². The summed E-state index contributed by atoms with van der Waals surface area (Å²) in [4.78, 5) is 38.8. The van der Waals surface area contributed by atoms with Crippen molar-refractivity contribution in [2.45, 2.75) is 13.0 Å². The number of halogens is 3. The van der Waals surface area contributed by atoms with Crippen LogP contribution < -0.4 is 20.9 Å². The number of ether oxygens (including phenoxy) is 1. The summed E-state index contributed by atoms with van der Waals surface area (Å²) in [5, 5.41) is 0. The summed E-state index contributed by atoms with van der Waals surface area (Å²) in [6, 6.07) is 2.48. The minimum atomic E-state index is -4.23. The Hall–Kier alpha value is -3.48. The molecule has 0 bridgehead atoms. The van der Waals surface area contributed by atoms with Gasteiger partial charge in [-0.25, -0.2) is 13.8 Å². The molecular formula is C16H10F3N3O4. The fourth-order valence-electron chi connectivity index (χ4n) is 2.53. The molecule has 1 aromatic heterocycles. The van der Waals surface area contributed by atoms with Gasteiger partial charge < -0.3 is 9.72 Å². The molecule has 0 aliphatic carbocycles. The van der Waals surface area contributed by atoms with Gasteiger partial charge in [0.05, 0.1) is 17.9 Å². The number of aryl methyl sites for hydroxylation is 1. The Kier molecular flexibility index (Phi) is 3.87. The van der Waals surface area contributed by atoms with E-state index in [1.807, 2.05) is 5.92 Å². The van der Waals surface area contributed by atoms with E-state index in [9.17, 15) is 27.6 Å². The highest BCUT2D eigenvalue weighted by Crippen LogP contribution is 2.41. The first-order valence-electron chi connectivity index (χ1n) is 7.15. The highest BCUT2D eigenvalue weighted by molar-refractivity contribution is 6.01. The molecule has 134 valence electrons. The Morgan fingerprint density at radius 3 is 2.54 bits per heavy atom. The van der Waals surface area contributed by atoms with E-state index in [4.69, 9.17) is 6.42 Å². The van der Waals surface area contributed by atoms with Crippen molar-refractivity contribution in [1.82, 2.24) is 9.55 Å². The normalized spacial score (nSPS) is 15.2. The van der Waals surface area contributed by atoms with Crippen LogP contribution in [-0.4, -0.2) is 28.1 Å². The summed E-state index contributed by atoms with van der Waals surface area (Å²) < 4.78 is 46.5. The van der Waals surface area contributed by atoms with Crippen LogP contribution in [0.3, 0.4) is 0 Å². The SMILES string of the molecule is C#CCN1C(=O)C(F)(F)Oc2cc(F)c(-n3c(=O)cc(C)[nH]c3=O)cc21. The van der Waals surface area contributed by atoms with Gasteiger partial charge in [-0.1, -0.05) is 5.92 Å². The van der Waals surface area contributed by atoms with Crippen LogP contribution in [0.15, 0.2) is 27.8 Å². The molecule has 3 rings (SSSR count). The first-order valence-corrected chi connectivity index (χ1v) is 7.15. The Labute approximate surface area is 143 Å². The summed E-state index contributed by atoms with van der Waals surface area (Å²) in [5.74, 6) is -1.53. The van der Waals surface area contributed by atoms with E-state index in [0.717, 1.165) is 12.1 Å². The number of rotatable bonds is 2. The number of fused-ring (bicyclic) bond motifs is 1. The van der Waals surface area contributed by atoms with Crippen molar-refractivity contribution in [2.75, 3.05) is 11.4 Å². The summed E-state index contributed by atoms with van der Waals surface area (Å²) in [6.07, 6.45) is 0.871. The Bertz CT molecular complexity index is 1050. The van der Waals surface area contributed by atoms with Crippen molar-refractivity contribution >= 4 is 11.6 Å². The smallest absolute Gasteiger partial charge is 0.423 e. The van der Waals surface area contributed by atoms with Crippen LogP contribution in [0.2, 0.25) is 0 Å². The maximum atomic E-state index is 14.4. The van der Waals surface area contributed by atoms with Crippen LogP contribution >= 0.6 is 0 Å². The van der Waals surface area contributed by atoms with Crippen molar-refractivity contribution < 1.29 is 22.7 Å². The third kappa shape index (κ3) is 2.63. The van der Waals surface area contributed by atoms with E-state index in [2.05, 4.69) is 9.72 Å². The van der Waals surface area contributed by atoms with E-state index < -0.39 is 47.1 Å². The van der Waals surface area contributed by atoms with Gasteiger partial charge in [0, 0.05) is 17.8 Å². The first-order chi connectivity index (χ1) is 12.2. The van der Waals surface area contributed by atoms with E-state index in [-0.39, 0.29) is 11.4 Å². The molecule has 26 heavy (non-hydrogen) atoms. The molecule has 1 aliphatic rings. The van der Waals surface area contributed by atoms with E-state index in [1.54, 1.807) is 0 Å². The van der Waals surface area contributed by atoms with E-state index in [0.29, 0.717) is 15.5 Å². The molecule has 10 heteroatoms. The topological polar surface area (TPSA) is 84.4 Å². The average Bonchev–Trinajstić information content (AvgIpc) is 2.52. The van der Waals surface area contributed by atoms with Gasteiger partial charge in [-0.05, 0) is 13.0 Å². The van der Waals surface area contributed by atoms with Crippen LogP contribution in [0.1, 0.15) is 5.69 Å². The monoisotopic (exact) mass is 365 g/mol. The van der Waals surface area contributed by atoms with Gasteiger partial charge in [0.1, 0.15) is 0 Å². The van der Waals surface area contributed by atoms with Crippen LogP contribution in [0.5, 0.6) is 5.75 Å². The molecule has 0 saturated carbocycles. The molecule has 0 unspecified atom stereocenters. The van der Waals surface area contributed by atoms with Crippen molar-refractivity contribution in [3.8, 4) is 23.8 Å². The number of nitrogens with one attached hydrogen (secondary N) is 1. The van der Waals surface area contributed by atoms with Crippen LogP contribution in [0.25, 0.3) is 5.69 Å². The van der Waals surface area contributed by atoms with Gasteiger partial charge in [0.25, 0.3) is 5.56 Å². The molecule has 0 fully saturated rings. The fourth-order valence-corrected chi connectivity index (χ4v) is 2.53. The lowest BCUT2D eigenvalue weighted by molar-refractivity contribution is -0.192. The number of amides is 1. The lowest BCUT2D eigenvalue weighted by Crippen LogP contribution is -2.51. The summed E-state index contributed by atoms with van der Waals surface area (Å²) in [5.41, 5.74) is -2.37. The highest BCUT2D eigenvalue weighted by Gasteiger charge is 2.50. The number of aromatic amines is 1. The summed E-state index contributed by atoms with van der Waals surface area (Å²) in [7, 11) is 0. The van der Waals surface area contributed by atoms with Gasteiger partial charge in [-0.3, -0.25) is 14.5 Å². The molecule has 2 aromatic rings. The maximum absolute atomic E-state index is 14.4. The van der Waals surface area contributed by atoms with Crippen LogP contribution in [-0.2, 0) is 4.79 Å². The predicted molar refractivity (Wildman–Crippen MR) is 84.1 cm³/mol. The number of anilines is 1. The molecule has 1 aromatic carbocycles. The number of aromatic nitrogens is 2. The molecule has 2 heterocycles. The number of H-pyrrole nitrogens is 1. The number of hydrogen-bond acceptors (Lipinski definition) is 4. The first kappa shape index (κ1) is 17.3. The number of nitrogens with zero attached hydrogens (tertiary/aromatic N) is 2. The minimum Gasteiger partial charge on any atom is -0.423 e. The summed E-state index contributed by atoms with van der Waals surface area (Å²) >= 11 is 0. The van der Waals surface area contributed by atoms with Crippen molar-refractivity contribution in [3.05, 3.63) is 50.5 Å². The second kappa shape index (κ2) is 5.80. The molecule has 1 N–H and O–H groups in total. The fraction of sp³-hybridized carbons (Fsp3) is 0.188. The molecular weight excluding hydrogens is 355 g/mol. The average molecular weight is 365 g/mol. The number of benzene rings is 1. The quantitative estimate of drug-likeness (QED) is 0.803. The highest BCUT2D eigenvalue weighted by atomic mass is 19.3. The zero-order chi connectivity index (χ0) is 19.2. The van der Waals surface area contributed by atoms with E-state index in [1.165, 1.54) is 6.92 Å². The number of carbonyl (C=O) groups is 1. The van der Waals surface area contributed by atoms with Gasteiger partial charge in [0.2, 0.25) is 0 Å². The zero-order valence-corrected chi connectivity index (χ0v) is 13.2. The van der Waals surface area contributed by atoms with Crippen LogP contribution in [0.4, 0.5) is 18.9 Å². The molecule has 1 amide bonds. The van der Waals surface area contributed by atoms with E-state index >= 15 is 0 Å². The van der Waals surface area contributed by atoms with Crippen LogP contribution in [0, 0.1) is 25.1 Å². The Balaban J connectivity index is 2.29. The lowest BCUT2D eigenvalue weighted by atomic mass is 10.2. The third-order valence-electron chi connectivity index (χ3n) is 3.61. The maximum Gasteiger partial charge on any atom is 0.483 e. The zero-order valence-electron chi connectivity index (χ0n) is 13.2. The molecule has 1 aliphatic heterocycles. The number of hydrogen-bond donors (Lipinski definition) is 1. The standard InChI is InChI=1S/C16H10F3N3O4/c1-3-4-21-11-7-10(22-13(23)5-8(2)20-15(22)25)9(17)6-12(11)26-16(18,19)14(21)24/h1,5-7H,4H2,2H3,(H,20,25). The number of terminal acetylenes is 1. The van der Waals surface area contributed by atoms with Gasteiger partial charge in [0.15, 0.2) is 11.6 Å². The predicted octanol–water partition coefficient (Wildman–Crippen LogP) is 0.925. The largest absolute Gasteiger partial charge is 0.483 e. The molecule has 0 atom stereocenters. The Morgan fingerprint density at radius 1 is 1.23 bits per heavy atom. The third-order valence-corrected chi connectivity index (χ3v) is 3.61. The van der Waals surface area contributed by atoms with Gasteiger partial charge in [-0.2, -0.15) is 8.78 Å². The number of alkyl halides is 2. The Morgan fingerprint density at radius 2 is 1.92 bits per heavy atom. The molecule has 0 saturated heterocycles. The van der Waals surface area contributed by atoms with Crippen molar-refractivity contribution in [1.29, 1.82) is 0 Å². The van der Waals surface area contributed by atoms with Crippen molar-refractivity contribution in [3.63, 3.8) is 0 Å². The second-order valence-electron chi connectivity index (χ2n) is 5.42. The molecule has 0 radical (unpaired) electrons. The minimum absolute atomic E-state index is 0.252. The van der Waals surface area contributed by atoms with Gasteiger partial charge >= 0.3 is 17.7 Å². The lowest BCUT2D eigenvalue weighted by Gasteiger charge is -2.32. The summed E-state index contributed by atoms with van der Waals surface area (Å²) in [6.45, 7) is 0.911. The number of carbonyl (C=O) groups excluding carboxylic acids is 1. The molecule has 7 nitrogen and oxygen atoms in total. The second-order valence-corrected chi connectivity index (χ2v) is 5.42.